The summed E-state index contributed by atoms with van der Waals surface area (Å²) < 4.78 is 2.05. The molecule has 1 aromatic carbocycles. The molecule has 0 N–H and O–H groups in total. The molecule has 0 amide bonds. The summed E-state index contributed by atoms with van der Waals surface area (Å²) in [5.41, 5.74) is 2.67. The second-order valence-electron chi connectivity index (χ2n) is 2.52. The first-order valence-corrected chi connectivity index (χ1v) is 3.43. The predicted octanol–water partition coefficient (Wildman–Crippen LogP) is 1.46. The molecule has 0 saturated carbocycles. The third-order valence-corrected chi connectivity index (χ3v) is 1.86. The van der Waals surface area contributed by atoms with Gasteiger partial charge in [-0.15, -0.1) is 0 Å². The summed E-state index contributed by atoms with van der Waals surface area (Å²) in [5.74, 6) is 0. The van der Waals surface area contributed by atoms with Crippen molar-refractivity contribution in [3.05, 3.63) is 29.8 Å². The average Bonchev–Trinajstić information content (AvgIpc) is 2.34. The molecule has 1 nitrogen and oxygen atoms in total. The number of para-hydroxylation sites is 1. The Morgan fingerprint density at radius 1 is 1.40 bits per heavy atom. The topological polar surface area (TPSA) is 3.01 Å². The molecule has 0 unspecified atom stereocenters. The number of fused-ring (bicyclic) bond motifs is 1. The van der Waals surface area contributed by atoms with Crippen LogP contribution in [0.25, 0.3) is 0 Å². The first-order valence-electron chi connectivity index (χ1n) is 3.43. The molecule has 1 heteroatoms. The first kappa shape index (κ1) is 5.66. The van der Waals surface area contributed by atoms with Gasteiger partial charge in [-0.3, -0.25) is 0 Å². The Bertz CT molecular complexity index is 287. The predicted molar refractivity (Wildman–Crippen MR) is 41.0 cm³/mol. The van der Waals surface area contributed by atoms with Gasteiger partial charge in [0.25, 0.3) is 0 Å². The number of hydrogen-bond donors (Lipinski definition) is 0. The van der Waals surface area contributed by atoms with Gasteiger partial charge in [-0.25, -0.2) is 0 Å². The van der Waals surface area contributed by atoms with Gasteiger partial charge >= 0.3 is 0 Å². The van der Waals surface area contributed by atoms with Gasteiger partial charge in [0.2, 0.25) is 0 Å². The summed E-state index contributed by atoms with van der Waals surface area (Å²) in [4.78, 5) is 0. The lowest BCUT2D eigenvalue weighted by Crippen LogP contribution is -1.91. The molecule has 10 heavy (non-hydrogen) atoms. The van der Waals surface area contributed by atoms with Crippen LogP contribution in [0.5, 0.6) is 0 Å². The van der Waals surface area contributed by atoms with Crippen LogP contribution < -0.4 is 0 Å². The standard InChI is InChI=1S/C9H9N/c1-10-7-6-8-4-2-3-5-9(8)10/h2-5H,6H2,1H3. The Labute approximate surface area is 60.6 Å². The van der Waals surface area contributed by atoms with Crippen molar-refractivity contribution in [2.24, 2.45) is 0 Å². The van der Waals surface area contributed by atoms with Crippen molar-refractivity contribution in [2.45, 2.75) is 6.42 Å². The fraction of sp³-hybridized carbons (Fsp3) is 0.222. The van der Waals surface area contributed by atoms with E-state index in [-0.39, 0.29) is 0 Å². The zero-order valence-electron chi connectivity index (χ0n) is 5.96. The lowest BCUT2D eigenvalue weighted by Gasteiger charge is -2.01. The van der Waals surface area contributed by atoms with Crippen molar-refractivity contribution < 1.29 is 4.58 Å². The van der Waals surface area contributed by atoms with E-state index in [0.717, 1.165) is 6.42 Å². The zero-order valence-corrected chi connectivity index (χ0v) is 5.96. The summed E-state index contributed by atoms with van der Waals surface area (Å²) in [7, 11) is 2.03. The lowest BCUT2D eigenvalue weighted by atomic mass is 10.2. The van der Waals surface area contributed by atoms with Crippen molar-refractivity contribution >= 4 is 11.9 Å². The van der Waals surface area contributed by atoms with E-state index in [9.17, 15) is 0 Å². The van der Waals surface area contributed by atoms with E-state index in [1.165, 1.54) is 11.3 Å². The molecule has 0 spiro atoms. The van der Waals surface area contributed by atoms with Crippen LogP contribution in [-0.2, 0) is 6.42 Å². The minimum atomic E-state index is 0.965. The first-order chi connectivity index (χ1) is 4.88. The van der Waals surface area contributed by atoms with Crippen molar-refractivity contribution in [2.75, 3.05) is 7.05 Å². The van der Waals surface area contributed by atoms with Gasteiger partial charge < -0.3 is 4.58 Å². The quantitative estimate of drug-likeness (QED) is 0.370. The van der Waals surface area contributed by atoms with E-state index in [1.54, 1.807) is 0 Å². The van der Waals surface area contributed by atoms with Crippen LogP contribution in [0.15, 0.2) is 24.3 Å². The van der Waals surface area contributed by atoms with Crippen LogP contribution in [0.2, 0.25) is 0 Å². The molecule has 0 aliphatic carbocycles. The molecule has 0 bridgehead atoms. The van der Waals surface area contributed by atoms with Crippen LogP contribution in [0.3, 0.4) is 0 Å². The summed E-state index contributed by atoms with van der Waals surface area (Å²) in [5, 5.41) is 0. The van der Waals surface area contributed by atoms with Gasteiger partial charge in [0, 0.05) is 6.21 Å². The van der Waals surface area contributed by atoms with Gasteiger partial charge in [-0.05, 0) is 6.42 Å². The van der Waals surface area contributed by atoms with Crippen LogP contribution in [0.1, 0.15) is 5.56 Å². The summed E-state index contributed by atoms with van der Waals surface area (Å²) in [6, 6.07) is 8.39. The third kappa shape index (κ3) is 0.670. The molecule has 0 atom stereocenters. The molecule has 0 radical (unpaired) electrons. The number of nitrogens with zero attached hydrogens (tertiary/aromatic N) is 1. The van der Waals surface area contributed by atoms with E-state index in [4.69, 9.17) is 0 Å². The van der Waals surface area contributed by atoms with E-state index >= 15 is 0 Å². The molecule has 50 valence electrons. The number of hydrogen-bond acceptors (Lipinski definition) is 0. The highest BCUT2D eigenvalue weighted by atomic mass is 15.0. The fourth-order valence-electron chi connectivity index (χ4n) is 1.28. The highest BCUT2D eigenvalue weighted by Gasteiger charge is 2.04. The molecule has 0 fully saturated rings. The van der Waals surface area contributed by atoms with Crippen LogP contribution in [-0.4, -0.2) is 17.8 Å². The monoisotopic (exact) mass is 131 g/mol. The molecule has 1 heterocycles. The Morgan fingerprint density at radius 3 is 3.00 bits per heavy atom. The van der Waals surface area contributed by atoms with E-state index in [2.05, 4.69) is 35.1 Å². The molecule has 0 aromatic heterocycles. The minimum Gasteiger partial charge on any atom is -0.366 e. The van der Waals surface area contributed by atoms with Crippen molar-refractivity contribution in [3.63, 3.8) is 0 Å². The lowest BCUT2D eigenvalue weighted by molar-refractivity contribution is -0.396. The van der Waals surface area contributed by atoms with Crippen molar-refractivity contribution in [1.82, 2.24) is 0 Å². The maximum Gasteiger partial charge on any atom is 0.105 e. The smallest absolute Gasteiger partial charge is 0.105 e. The fourth-order valence-corrected chi connectivity index (χ4v) is 1.28. The van der Waals surface area contributed by atoms with Gasteiger partial charge in [-0.2, -0.15) is 0 Å². The molecular weight excluding hydrogens is 122 g/mol. The van der Waals surface area contributed by atoms with Gasteiger partial charge in [0.05, 0.1) is 5.69 Å². The summed E-state index contributed by atoms with van der Waals surface area (Å²) in [6.45, 7) is 0. The second kappa shape index (κ2) is 1.94. The van der Waals surface area contributed by atoms with Crippen molar-refractivity contribution in [3.8, 4) is 0 Å². The average molecular weight is 131 g/mol. The van der Waals surface area contributed by atoms with E-state index in [0.29, 0.717) is 0 Å². The Hall–Kier alpha value is -1.11. The van der Waals surface area contributed by atoms with Crippen molar-refractivity contribution in [1.29, 1.82) is 0 Å². The molecule has 1 aliphatic rings. The Kier molecular flexibility index (Phi) is 1.10. The zero-order chi connectivity index (χ0) is 6.97. The van der Waals surface area contributed by atoms with Gasteiger partial charge in [-0.1, -0.05) is 29.8 Å². The van der Waals surface area contributed by atoms with Crippen LogP contribution in [0, 0.1) is 0 Å². The molecule has 1 aliphatic heterocycles. The second-order valence-corrected chi connectivity index (χ2v) is 2.52. The molecule has 0 saturated heterocycles. The van der Waals surface area contributed by atoms with Crippen LogP contribution >= 0.6 is 0 Å². The third-order valence-electron chi connectivity index (χ3n) is 1.86. The highest BCUT2D eigenvalue weighted by Crippen LogP contribution is 2.20. The maximum atomic E-state index is 3.22. The summed E-state index contributed by atoms with van der Waals surface area (Å²) in [6.07, 6.45) is 4.18. The number of benzene rings is 1. The van der Waals surface area contributed by atoms with E-state index < -0.39 is 0 Å². The molecular formula is C9H9N. The Morgan fingerprint density at radius 2 is 2.20 bits per heavy atom. The molecule has 1 aromatic rings. The van der Waals surface area contributed by atoms with Crippen LogP contribution in [0.4, 0.5) is 5.69 Å². The van der Waals surface area contributed by atoms with E-state index in [1.807, 2.05) is 7.05 Å². The maximum absolute atomic E-state index is 3.22. The Balaban J connectivity index is 2.61. The highest BCUT2D eigenvalue weighted by molar-refractivity contribution is 5.66. The van der Waals surface area contributed by atoms with Gasteiger partial charge in [0.1, 0.15) is 7.05 Å². The molecule has 2 rings (SSSR count). The summed E-state index contributed by atoms with van der Waals surface area (Å²) >= 11 is 0. The van der Waals surface area contributed by atoms with Gasteiger partial charge in [0.15, 0.2) is 0 Å². The largest absolute Gasteiger partial charge is 0.366 e. The minimum absolute atomic E-state index is 0.965. The number of rotatable bonds is 0. The normalized spacial score (nSPS) is 14.7. The SMILES string of the molecule is C[N+]1=[C-]Cc2ccccc21.